The number of carbonyl (C=O) groups is 2. The van der Waals surface area contributed by atoms with E-state index in [0.717, 1.165) is 49.2 Å². The summed E-state index contributed by atoms with van der Waals surface area (Å²) in [5, 5.41) is 4.51. The Balaban J connectivity index is 1.35. The molecule has 2 aliphatic rings. The zero-order valence-corrected chi connectivity index (χ0v) is 21.7. The van der Waals surface area contributed by atoms with Gasteiger partial charge in [0.05, 0.1) is 0 Å². The minimum absolute atomic E-state index is 0.0598. The van der Waals surface area contributed by atoms with Crippen LogP contribution in [-0.2, 0) is 27.2 Å². The monoisotopic (exact) mass is 489 g/mol. The van der Waals surface area contributed by atoms with E-state index in [1.54, 1.807) is 4.52 Å². The third-order valence-corrected chi connectivity index (χ3v) is 7.87. The number of ketones is 1. The van der Waals surface area contributed by atoms with E-state index in [4.69, 9.17) is 4.74 Å². The van der Waals surface area contributed by atoms with E-state index in [9.17, 15) is 9.59 Å². The summed E-state index contributed by atoms with van der Waals surface area (Å²) in [7, 11) is 0. The molecular weight excluding hydrogens is 454 g/mol. The molecule has 1 aliphatic carbocycles. The van der Waals surface area contributed by atoms with Gasteiger partial charge in [0.15, 0.2) is 11.6 Å². The average molecular weight is 490 g/mol. The third-order valence-electron chi connectivity index (χ3n) is 7.87. The number of carbonyl (C=O) groups excluding carboxylic acids is 2. The minimum atomic E-state index is -0.869. The van der Waals surface area contributed by atoms with Crippen molar-refractivity contribution in [2.75, 3.05) is 0 Å². The van der Waals surface area contributed by atoms with Crippen molar-refractivity contribution in [3.63, 3.8) is 0 Å². The van der Waals surface area contributed by atoms with Crippen molar-refractivity contribution < 1.29 is 14.3 Å². The highest BCUT2D eigenvalue weighted by molar-refractivity contribution is 6.01. The van der Waals surface area contributed by atoms with Gasteiger partial charge < -0.3 is 4.74 Å². The molecule has 2 fully saturated rings. The Hall–Kier alpha value is -3.16. The molecule has 5 rings (SSSR count). The van der Waals surface area contributed by atoms with E-state index in [0.29, 0.717) is 23.9 Å². The normalized spacial score (nSPS) is 23.1. The molecule has 0 radical (unpaired) electrons. The molecule has 36 heavy (non-hydrogen) atoms. The predicted octanol–water partition coefficient (Wildman–Crippen LogP) is 4.50. The van der Waals surface area contributed by atoms with E-state index in [1.165, 1.54) is 5.56 Å². The summed E-state index contributed by atoms with van der Waals surface area (Å²) in [6, 6.07) is 6.08. The largest absolute Gasteiger partial charge is 0.458 e. The first-order valence-electron chi connectivity index (χ1n) is 13.1. The topological polar surface area (TPSA) is 99.3 Å². The summed E-state index contributed by atoms with van der Waals surface area (Å²) in [5.74, 6) is 0.133. The van der Waals surface area contributed by atoms with E-state index in [2.05, 4.69) is 40.0 Å². The predicted molar refractivity (Wildman–Crippen MR) is 135 cm³/mol. The fourth-order valence-electron chi connectivity index (χ4n) is 5.88. The summed E-state index contributed by atoms with van der Waals surface area (Å²) in [4.78, 5) is 40.2. The highest BCUT2D eigenvalue weighted by Crippen LogP contribution is 2.45. The molecule has 0 amide bonds. The van der Waals surface area contributed by atoms with Crippen LogP contribution in [0.2, 0.25) is 0 Å². The van der Waals surface area contributed by atoms with Crippen molar-refractivity contribution in [3.05, 3.63) is 52.9 Å². The number of pyridine rings is 1. The maximum atomic E-state index is 13.5. The molecule has 4 heterocycles. The van der Waals surface area contributed by atoms with Gasteiger partial charge in [-0.2, -0.15) is 4.98 Å². The van der Waals surface area contributed by atoms with Gasteiger partial charge in [-0.05, 0) is 75.1 Å². The van der Waals surface area contributed by atoms with Crippen LogP contribution >= 0.6 is 0 Å². The molecular formula is C28H35N5O3. The second-order valence-corrected chi connectivity index (χ2v) is 10.9. The van der Waals surface area contributed by atoms with E-state index in [1.807, 2.05) is 32.2 Å². The molecule has 0 spiro atoms. The number of cyclic esters (lactones) is 1. The number of aryl methyl sites for hydroxylation is 3. The Morgan fingerprint density at radius 1 is 1.14 bits per heavy atom. The lowest BCUT2D eigenvalue weighted by Crippen LogP contribution is -2.52. The number of ether oxygens (including phenoxy) is 1. The number of aromatic nitrogens is 5. The molecule has 2 atom stereocenters. The molecule has 8 nitrogen and oxygen atoms in total. The molecule has 0 bridgehead atoms. The van der Waals surface area contributed by atoms with Crippen molar-refractivity contribution >= 4 is 17.5 Å². The number of hydrogen-bond acceptors (Lipinski definition) is 7. The van der Waals surface area contributed by atoms with Crippen molar-refractivity contribution in [1.82, 2.24) is 24.6 Å². The standard InChI is InChI=1S/C28H35N5O3/c1-17(2)23-14-20(10-12-29-23)9-11-28(21-7-5-6-8-21)16-24(34)22(26(35)36-28)15-25-31-27-30-18(3)13-19(4)33(27)32-25/h10,12-14,17,21-22H,5-9,11,15-16H2,1-4H3. The fourth-order valence-corrected chi connectivity index (χ4v) is 5.88. The SMILES string of the molecule is Cc1cc(C)n2nc(CC3C(=O)CC(CCc4ccnc(C(C)C)c4)(C4CCCC4)OC3=O)nc2n1. The molecule has 0 N–H and O–H groups in total. The number of rotatable bonds is 7. The molecule has 1 aliphatic heterocycles. The molecule has 2 unspecified atom stereocenters. The van der Waals surface area contributed by atoms with Crippen LogP contribution in [0, 0.1) is 25.7 Å². The van der Waals surface area contributed by atoms with Gasteiger partial charge in [0.2, 0.25) is 0 Å². The van der Waals surface area contributed by atoms with Crippen LogP contribution in [0.5, 0.6) is 0 Å². The molecule has 8 heteroatoms. The second kappa shape index (κ2) is 9.71. The second-order valence-electron chi connectivity index (χ2n) is 10.9. The van der Waals surface area contributed by atoms with Gasteiger partial charge in [-0.3, -0.25) is 14.6 Å². The van der Waals surface area contributed by atoms with Crippen LogP contribution in [0.1, 0.15) is 86.8 Å². The van der Waals surface area contributed by atoms with E-state index >= 15 is 0 Å². The first-order valence-corrected chi connectivity index (χ1v) is 13.1. The quantitative estimate of drug-likeness (QED) is 0.356. The van der Waals surface area contributed by atoms with Crippen LogP contribution in [0.4, 0.5) is 0 Å². The van der Waals surface area contributed by atoms with Gasteiger partial charge in [0, 0.05) is 36.1 Å². The van der Waals surface area contributed by atoms with Gasteiger partial charge in [0.1, 0.15) is 11.5 Å². The Morgan fingerprint density at radius 2 is 1.92 bits per heavy atom. The van der Waals surface area contributed by atoms with E-state index < -0.39 is 17.5 Å². The molecule has 0 aromatic carbocycles. The van der Waals surface area contributed by atoms with Crippen LogP contribution in [-0.4, -0.2) is 41.9 Å². The van der Waals surface area contributed by atoms with E-state index in [-0.39, 0.29) is 24.5 Å². The Kier molecular flexibility index (Phi) is 6.62. The number of Topliss-reactive ketones (excluding diaryl/α,β-unsaturated/α-hetero) is 1. The zero-order chi connectivity index (χ0) is 25.4. The Labute approximate surface area is 211 Å². The first-order chi connectivity index (χ1) is 17.2. The zero-order valence-electron chi connectivity index (χ0n) is 21.7. The smallest absolute Gasteiger partial charge is 0.317 e. The molecule has 190 valence electrons. The van der Waals surface area contributed by atoms with Crippen molar-refractivity contribution in [2.45, 2.75) is 90.6 Å². The minimum Gasteiger partial charge on any atom is -0.458 e. The van der Waals surface area contributed by atoms with Crippen LogP contribution < -0.4 is 0 Å². The summed E-state index contributed by atoms with van der Waals surface area (Å²) in [6.07, 6.45) is 7.88. The number of esters is 1. The summed E-state index contributed by atoms with van der Waals surface area (Å²) in [5.41, 5.74) is 3.25. The molecule has 1 saturated carbocycles. The number of nitrogens with zero attached hydrogens (tertiary/aromatic N) is 5. The Morgan fingerprint density at radius 3 is 2.64 bits per heavy atom. The number of fused-ring (bicyclic) bond motifs is 1. The van der Waals surface area contributed by atoms with Gasteiger partial charge in [0.25, 0.3) is 5.78 Å². The van der Waals surface area contributed by atoms with Gasteiger partial charge >= 0.3 is 5.97 Å². The first kappa shape index (κ1) is 24.5. The lowest BCUT2D eigenvalue weighted by Gasteiger charge is -2.43. The lowest BCUT2D eigenvalue weighted by atomic mass is 9.73. The summed E-state index contributed by atoms with van der Waals surface area (Å²) in [6.45, 7) is 8.10. The summed E-state index contributed by atoms with van der Waals surface area (Å²) >= 11 is 0. The van der Waals surface area contributed by atoms with Crippen molar-refractivity contribution in [2.24, 2.45) is 11.8 Å². The average Bonchev–Trinajstić information content (AvgIpc) is 3.51. The third kappa shape index (κ3) is 4.77. The number of hydrogen-bond donors (Lipinski definition) is 0. The lowest BCUT2D eigenvalue weighted by molar-refractivity contribution is -0.185. The maximum Gasteiger partial charge on any atom is 0.317 e. The van der Waals surface area contributed by atoms with Crippen LogP contribution in [0.25, 0.3) is 5.78 Å². The highest BCUT2D eigenvalue weighted by Gasteiger charge is 2.51. The Bertz CT molecular complexity index is 1270. The molecule has 3 aromatic heterocycles. The van der Waals surface area contributed by atoms with Gasteiger partial charge in [-0.1, -0.05) is 26.7 Å². The van der Waals surface area contributed by atoms with Crippen LogP contribution in [0.15, 0.2) is 24.4 Å². The maximum absolute atomic E-state index is 13.5. The van der Waals surface area contributed by atoms with Crippen LogP contribution in [0.3, 0.4) is 0 Å². The molecule has 3 aromatic rings. The highest BCUT2D eigenvalue weighted by atomic mass is 16.6. The summed E-state index contributed by atoms with van der Waals surface area (Å²) < 4.78 is 7.93. The van der Waals surface area contributed by atoms with Crippen molar-refractivity contribution in [1.29, 1.82) is 0 Å². The van der Waals surface area contributed by atoms with Crippen molar-refractivity contribution in [3.8, 4) is 0 Å². The molecule has 1 saturated heterocycles. The fraction of sp³-hybridized carbons (Fsp3) is 0.571. The van der Waals surface area contributed by atoms with Gasteiger partial charge in [-0.25, -0.2) is 9.50 Å². The van der Waals surface area contributed by atoms with Gasteiger partial charge in [-0.15, -0.1) is 5.10 Å².